The zero-order chi connectivity index (χ0) is 13.8. The average Bonchev–Trinajstić information content (AvgIpc) is 3.11. The quantitative estimate of drug-likeness (QED) is 0.824. The van der Waals surface area contributed by atoms with Crippen LogP contribution in [0.2, 0.25) is 0 Å². The van der Waals surface area contributed by atoms with Crippen molar-refractivity contribution >= 4 is 27.4 Å². The summed E-state index contributed by atoms with van der Waals surface area (Å²) in [5.74, 6) is 1.10. The van der Waals surface area contributed by atoms with Crippen LogP contribution in [0.3, 0.4) is 0 Å². The molecule has 1 saturated heterocycles. The van der Waals surface area contributed by atoms with Gasteiger partial charge >= 0.3 is 0 Å². The molecule has 1 atom stereocenters. The highest BCUT2D eigenvalue weighted by Crippen LogP contribution is 2.32. The Morgan fingerprint density at radius 3 is 3.35 bits per heavy atom. The largest absolute Gasteiger partial charge is 0.383 e. The standard InChI is InChI=1S/C14H20N4OS/c1-19-7-5-15-9-11-3-2-6-18(11)14-13-12(4-8-20-13)16-10-17-14/h4,8,10-11,15H,2-3,5-7,9H2,1H3. The first kappa shape index (κ1) is 13.7. The number of methoxy groups -OCH3 is 1. The van der Waals surface area contributed by atoms with Crippen molar-refractivity contribution in [2.75, 3.05) is 38.3 Å². The lowest BCUT2D eigenvalue weighted by molar-refractivity contribution is 0.199. The van der Waals surface area contributed by atoms with Crippen LogP contribution < -0.4 is 10.2 Å². The van der Waals surface area contributed by atoms with Crippen LogP contribution in [0.25, 0.3) is 10.2 Å². The third-order valence-corrected chi connectivity index (χ3v) is 4.64. The van der Waals surface area contributed by atoms with E-state index in [2.05, 4.69) is 31.6 Å². The van der Waals surface area contributed by atoms with E-state index in [0.29, 0.717) is 6.04 Å². The second kappa shape index (κ2) is 6.47. The molecule has 0 radical (unpaired) electrons. The highest BCUT2D eigenvalue weighted by Gasteiger charge is 2.26. The number of ether oxygens (including phenoxy) is 1. The van der Waals surface area contributed by atoms with E-state index in [1.807, 2.05) is 0 Å². The predicted molar refractivity (Wildman–Crippen MR) is 82.5 cm³/mol. The lowest BCUT2D eigenvalue weighted by atomic mass is 10.2. The normalized spacial score (nSPS) is 19.1. The molecule has 3 heterocycles. The van der Waals surface area contributed by atoms with E-state index in [4.69, 9.17) is 4.74 Å². The van der Waals surface area contributed by atoms with Gasteiger partial charge in [0.2, 0.25) is 0 Å². The molecule has 2 aromatic rings. The van der Waals surface area contributed by atoms with Gasteiger partial charge in [0.1, 0.15) is 12.1 Å². The topological polar surface area (TPSA) is 50.3 Å². The average molecular weight is 292 g/mol. The first-order valence-electron chi connectivity index (χ1n) is 7.04. The summed E-state index contributed by atoms with van der Waals surface area (Å²) in [4.78, 5) is 11.3. The monoisotopic (exact) mass is 292 g/mol. The number of thiophene rings is 1. The summed E-state index contributed by atoms with van der Waals surface area (Å²) in [6.45, 7) is 3.73. The highest BCUT2D eigenvalue weighted by atomic mass is 32.1. The van der Waals surface area contributed by atoms with E-state index < -0.39 is 0 Å². The number of aromatic nitrogens is 2. The molecule has 108 valence electrons. The lowest BCUT2D eigenvalue weighted by Gasteiger charge is -2.26. The first-order valence-corrected chi connectivity index (χ1v) is 7.92. The van der Waals surface area contributed by atoms with Crippen LogP contribution in [0, 0.1) is 0 Å². The van der Waals surface area contributed by atoms with E-state index in [0.717, 1.165) is 37.6 Å². The van der Waals surface area contributed by atoms with Crippen molar-refractivity contribution in [3.63, 3.8) is 0 Å². The fourth-order valence-corrected chi connectivity index (χ4v) is 3.60. The molecule has 0 amide bonds. The Morgan fingerprint density at radius 2 is 2.45 bits per heavy atom. The van der Waals surface area contributed by atoms with Gasteiger partial charge in [-0.15, -0.1) is 11.3 Å². The summed E-state index contributed by atoms with van der Waals surface area (Å²) in [6, 6.07) is 2.58. The van der Waals surface area contributed by atoms with Crippen molar-refractivity contribution in [2.45, 2.75) is 18.9 Å². The van der Waals surface area contributed by atoms with Gasteiger partial charge in [0.15, 0.2) is 0 Å². The number of nitrogens with one attached hydrogen (secondary N) is 1. The smallest absolute Gasteiger partial charge is 0.150 e. The molecular formula is C14H20N4OS. The summed E-state index contributed by atoms with van der Waals surface area (Å²) in [5.41, 5.74) is 1.05. The van der Waals surface area contributed by atoms with Crippen molar-refractivity contribution in [1.82, 2.24) is 15.3 Å². The number of nitrogens with zero attached hydrogens (tertiary/aromatic N) is 3. The van der Waals surface area contributed by atoms with E-state index in [1.54, 1.807) is 24.8 Å². The van der Waals surface area contributed by atoms with Crippen LogP contribution in [0.15, 0.2) is 17.8 Å². The third-order valence-electron chi connectivity index (χ3n) is 3.74. The molecule has 1 N–H and O–H groups in total. The molecule has 1 unspecified atom stereocenters. The Balaban J connectivity index is 1.73. The molecule has 20 heavy (non-hydrogen) atoms. The van der Waals surface area contributed by atoms with Crippen molar-refractivity contribution in [1.29, 1.82) is 0 Å². The molecule has 2 aromatic heterocycles. The summed E-state index contributed by atoms with van der Waals surface area (Å²) in [7, 11) is 1.73. The van der Waals surface area contributed by atoms with E-state index >= 15 is 0 Å². The Labute approximate surface area is 123 Å². The van der Waals surface area contributed by atoms with Gasteiger partial charge < -0.3 is 15.0 Å². The molecular weight excluding hydrogens is 272 g/mol. The molecule has 0 spiro atoms. The highest BCUT2D eigenvalue weighted by molar-refractivity contribution is 7.17. The molecule has 0 aromatic carbocycles. The maximum atomic E-state index is 5.07. The minimum atomic E-state index is 0.520. The summed E-state index contributed by atoms with van der Waals surface area (Å²) < 4.78 is 6.28. The second-order valence-corrected chi connectivity index (χ2v) is 5.93. The predicted octanol–water partition coefficient (Wildman–Crippen LogP) is 1.90. The van der Waals surface area contributed by atoms with Gasteiger partial charge in [-0.25, -0.2) is 9.97 Å². The minimum absolute atomic E-state index is 0.520. The van der Waals surface area contributed by atoms with E-state index in [1.165, 1.54) is 17.5 Å². The number of hydrogen-bond acceptors (Lipinski definition) is 6. The lowest BCUT2D eigenvalue weighted by Crippen LogP contribution is -2.39. The molecule has 0 bridgehead atoms. The Kier molecular flexibility index (Phi) is 4.44. The van der Waals surface area contributed by atoms with Gasteiger partial charge in [-0.05, 0) is 24.3 Å². The van der Waals surface area contributed by atoms with Crippen LogP contribution in [0.4, 0.5) is 5.82 Å². The third kappa shape index (κ3) is 2.77. The molecule has 6 heteroatoms. The molecule has 1 aliphatic heterocycles. The van der Waals surface area contributed by atoms with Gasteiger partial charge in [0.25, 0.3) is 0 Å². The minimum Gasteiger partial charge on any atom is -0.383 e. The van der Waals surface area contributed by atoms with E-state index in [-0.39, 0.29) is 0 Å². The van der Waals surface area contributed by atoms with Gasteiger partial charge in [-0.3, -0.25) is 0 Å². The number of rotatable bonds is 6. The maximum Gasteiger partial charge on any atom is 0.150 e. The summed E-state index contributed by atoms with van der Waals surface area (Å²) >= 11 is 1.73. The maximum absolute atomic E-state index is 5.07. The van der Waals surface area contributed by atoms with E-state index in [9.17, 15) is 0 Å². The Hall–Kier alpha value is -1.24. The van der Waals surface area contributed by atoms with Crippen LogP contribution in [-0.4, -0.2) is 49.4 Å². The SMILES string of the molecule is COCCNCC1CCCN1c1ncnc2ccsc12. The van der Waals surface area contributed by atoms with Crippen LogP contribution in [-0.2, 0) is 4.74 Å². The number of hydrogen-bond donors (Lipinski definition) is 1. The molecule has 0 saturated carbocycles. The number of anilines is 1. The van der Waals surface area contributed by atoms with Gasteiger partial charge in [0.05, 0.1) is 16.8 Å². The molecule has 5 nitrogen and oxygen atoms in total. The molecule has 1 fully saturated rings. The van der Waals surface area contributed by atoms with Gasteiger partial charge in [-0.1, -0.05) is 0 Å². The van der Waals surface area contributed by atoms with Crippen molar-refractivity contribution < 1.29 is 4.74 Å². The zero-order valence-corrected chi connectivity index (χ0v) is 12.5. The molecule has 0 aliphatic carbocycles. The Bertz CT molecular complexity index is 559. The molecule has 3 rings (SSSR count). The zero-order valence-electron chi connectivity index (χ0n) is 11.7. The van der Waals surface area contributed by atoms with Gasteiger partial charge in [0, 0.05) is 32.8 Å². The van der Waals surface area contributed by atoms with Crippen molar-refractivity contribution in [3.8, 4) is 0 Å². The van der Waals surface area contributed by atoms with Crippen LogP contribution >= 0.6 is 11.3 Å². The molecule has 1 aliphatic rings. The number of fused-ring (bicyclic) bond motifs is 1. The van der Waals surface area contributed by atoms with Gasteiger partial charge in [-0.2, -0.15) is 0 Å². The fraction of sp³-hybridized carbons (Fsp3) is 0.571. The van der Waals surface area contributed by atoms with Crippen LogP contribution in [0.1, 0.15) is 12.8 Å². The van der Waals surface area contributed by atoms with Crippen molar-refractivity contribution in [2.24, 2.45) is 0 Å². The van der Waals surface area contributed by atoms with Crippen molar-refractivity contribution in [3.05, 3.63) is 17.8 Å². The van der Waals surface area contributed by atoms with Crippen LogP contribution in [0.5, 0.6) is 0 Å². The second-order valence-electron chi connectivity index (χ2n) is 5.02. The first-order chi connectivity index (χ1) is 9.90. The summed E-state index contributed by atoms with van der Waals surface area (Å²) in [6.07, 6.45) is 4.13. The Morgan fingerprint density at radius 1 is 1.50 bits per heavy atom. The fourth-order valence-electron chi connectivity index (χ4n) is 2.75. The summed E-state index contributed by atoms with van der Waals surface area (Å²) in [5, 5.41) is 5.55.